The maximum absolute atomic E-state index is 10.9. The molecule has 1 aromatic rings. The Bertz CT molecular complexity index is 797. The minimum Gasteiger partial charge on any atom is -0.478 e. The number of thiol groups is 1. The Morgan fingerprint density at radius 2 is 1.67 bits per heavy atom. The van der Waals surface area contributed by atoms with E-state index in [1.165, 1.54) is 35.1 Å². The standard InChI is InChI=1S/C24H34O2S/c1-15(22(25)26)8-9-18(27)12-16(2)19-14-21-20(13-17(19)3)23(4,5)10-11-24(21,6)7/h8-9,13-14,16,27H,10-12H2,1-7H3,(H,25,26)/b15-8+,18-9-. The summed E-state index contributed by atoms with van der Waals surface area (Å²) in [7, 11) is 0. The van der Waals surface area contributed by atoms with Crippen LogP contribution < -0.4 is 0 Å². The largest absolute Gasteiger partial charge is 0.478 e. The Balaban J connectivity index is 2.35. The molecule has 1 aliphatic carbocycles. The van der Waals surface area contributed by atoms with E-state index in [0.717, 1.165) is 11.3 Å². The zero-order valence-electron chi connectivity index (χ0n) is 17.8. The molecule has 0 radical (unpaired) electrons. The molecule has 0 saturated heterocycles. The third-order valence-electron chi connectivity index (χ3n) is 6.15. The van der Waals surface area contributed by atoms with Crippen molar-refractivity contribution in [2.75, 3.05) is 0 Å². The van der Waals surface area contributed by atoms with E-state index in [1.54, 1.807) is 13.0 Å². The van der Waals surface area contributed by atoms with Gasteiger partial charge in [0.15, 0.2) is 0 Å². The molecule has 3 heteroatoms. The molecule has 0 spiro atoms. The maximum Gasteiger partial charge on any atom is 0.331 e. The van der Waals surface area contributed by atoms with Gasteiger partial charge in [-0.15, -0.1) is 12.6 Å². The van der Waals surface area contributed by atoms with Gasteiger partial charge in [0.05, 0.1) is 0 Å². The van der Waals surface area contributed by atoms with Gasteiger partial charge in [-0.2, -0.15) is 0 Å². The van der Waals surface area contributed by atoms with Crippen LogP contribution in [0.3, 0.4) is 0 Å². The normalized spacial score (nSPS) is 20.1. The molecule has 0 amide bonds. The number of carboxylic acid groups (broad SMARTS) is 1. The van der Waals surface area contributed by atoms with Crippen LogP contribution in [0.1, 0.15) is 89.0 Å². The van der Waals surface area contributed by atoms with Gasteiger partial charge in [-0.3, -0.25) is 0 Å². The van der Waals surface area contributed by atoms with Crippen LogP contribution in [0.15, 0.2) is 34.8 Å². The van der Waals surface area contributed by atoms with Crippen molar-refractivity contribution in [3.8, 4) is 0 Å². The fourth-order valence-corrected chi connectivity index (χ4v) is 4.40. The van der Waals surface area contributed by atoms with Crippen LogP contribution >= 0.6 is 12.6 Å². The van der Waals surface area contributed by atoms with Gasteiger partial charge in [0.1, 0.15) is 0 Å². The molecule has 2 nitrogen and oxygen atoms in total. The van der Waals surface area contributed by atoms with Crippen molar-refractivity contribution < 1.29 is 9.90 Å². The van der Waals surface area contributed by atoms with Crippen LogP contribution in [0.25, 0.3) is 0 Å². The molecular weight excluding hydrogens is 352 g/mol. The summed E-state index contributed by atoms with van der Waals surface area (Å²) in [5.74, 6) is -0.561. The first kappa shape index (κ1) is 21.8. The van der Waals surface area contributed by atoms with Gasteiger partial charge in [-0.25, -0.2) is 4.79 Å². The lowest BCUT2D eigenvalue weighted by molar-refractivity contribution is -0.132. The van der Waals surface area contributed by atoms with Crippen LogP contribution in [0.4, 0.5) is 0 Å². The zero-order valence-corrected chi connectivity index (χ0v) is 18.7. The Morgan fingerprint density at radius 3 is 2.19 bits per heavy atom. The number of benzene rings is 1. The first-order chi connectivity index (χ1) is 12.3. The summed E-state index contributed by atoms with van der Waals surface area (Å²) < 4.78 is 0. The van der Waals surface area contributed by atoms with E-state index < -0.39 is 5.97 Å². The number of carbonyl (C=O) groups is 1. The van der Waals surface area contributed by atoms with Crippen LogP contribution in [0.5, 0.6) is 0 Å². The van der Waals surface area contributed by atoms with E-state index in [0.29, 0.717) is 11.5 Å². The number of hydrogen-bond acceptors (Lipinski definition) is 2. The second kappa shape index (κ2) is 7.87. The third kappa shape index (κ3) is 4.87. The summed E-state index contributed by atoms with van der Waals surface area (Å²) >= 11 is 4.58. The summed E-state index contributed by atoms with van der Waals surface area (Å²) in [4.78, 5) is 11.8. The molecule has 1 aliphatic rings. The Labute approximate surface area is 170 Å². The van der Waals surface area contributed by atoms with Crippen molar-refractivity contribution in [3.05, 3.63) is 57.0 Å². The molecule has 1 N–H and O–H groups in total. The molecule has 0 heterocycles. The summed E-state index contributed by atoms with van der Waals surface area (Å²) in [6.45, 7) is 15.5. The zero-order chi connectivity index (χ0) is 20.6. The smallest absolute Gasteiger partial charge is 0.331 e. The van der Waals surface area contributed by atoms with E-state index in [4.69, 9.17) is 5.11 Å². The number of aryl methyl sites for hydroxylation is 1. The van der Waals surface area contributed by atoms with Crippen molar-refractivity contribution >= 4 is 18.6 Å². The summed E-state index contributed by atoms with van der Waals surface area (Å²) in [5.41, 5.74) is 6.44. The lowest BCUT2D eigenvalue weighted by atomic mass is 9.62. The average molecular weight is 387 g/mol. The van der Waals surface area contributed by atoms with Gasteiger partial charge in [0.25, 0.3) is 0 Å². The SMILES string of the molecule is C/C(=C\C=C(/S)CC(C)c1cc2c(cc1C)C(C)(C)CCC2(C)C)C(=O)O. The number of aliphatic carboxylic acids is 1. The lowest BCUT2D eigenvalue weighted by Gasteiger charge is -2.42. The van der Waals surface area contributed by atoms with Crippen LogP contribution in [-0.4, -0.2) is 11.1 Å². The predicted octanol–water partition coefficient (Wildman–Crippen LogP) is 6.68. The van der Waals surface area contributed by atoms with Crippen molar-refractivity contribution in [3.63, 3.8) is 0 Å². The predicted molar refractivity (Wildman–Crippen MR) is 118 cm³/mol. The summed E-state index contributed by atoms with van der Waals surface area (Å²) in [6.07, 6.45) is 6.67. The Hall–Kier alpha value is -1.48. The lowest BCUT2D eigenvalue weighted by Crippen LogP contribution is -2.34. The van der Waals surface area contributed by atoms with E-state index in [-0.39, 0.29) is 10.8 Å². The topological polar surface area (TPSA) is 37.3 Å². The van der Waals surface area contributed by atoms with Crippen LogP contribution in [0, 0.1) is 6.92 Å². The molecule has 1 unspecified atom stereocenters. The van der Waals surface area contributed by atoms with Crippen LogP contribution in [0.2, 0.25) is 0 Å². The number of allylic oxidation sites excluding steroid dienone is 3. The second-order valence-electron chi connectivity index (χ2n) is 9.44. The molecule has 0 aliphatic heterocycles. The Morgan fingerprint density at radius 1 is 1.15 bits per heavy atom. The molecule has 148 valence electrons. The first-order valence-electron chi connectivity index (χ1n) is 9.80. The van der Waals surface area contributed by atoms with Gasteiger partial charge in [-0.05, 0) is 77.0 Å². The summed E-state index contributed by atoms with van der Waals surface area (Å²) in [6, 6.07) is 4.83. The molecule has 2 rings (SSSR count). The number of rotatable bonds is 5. The fraction of sp³-hybridized carbons (Fsp3) is 0.542. The minimum atomic E-state index is -0.893. The van der Waals surface area contributed by atoms with E-state index in [1.807, 2.05) is 6.08 Å². The molecular formula is C24H34O2S. The second-order valence-corrected chi connectivity index (χ2v) is 10.0. The first-order valence-corrected chi connectivity index (χ1v) is 10.2. The number of hydrogen-bond donors (Lipinski definition) is 2. The van der Waals surface area contributed by atoms with Crippen molar-refractivity contribution in [2.45, 2.75) is 84.5 Å². The van der Waals surface area contributed by atoms with Gasteiger partial charge in [0, 0.05) is 5.57 Å². The van der Waals surface area contributed by atoms with Gasteiger partial charge in [0.2, 0.25) is 0 Å². The average Bonchev–Trinajstić information content (AvgIpc) is 2.56. The van der Waals surface area contributed by atoms with E-state index in [2.05, 4.69) is 66.3 Å². The quantitative estimate of drug-likeness (QED) is 0.336. The molecule has 1 atom stereocenters. The highest BCUT2D eigenvalue weighted by Gasteiger charge is 2.37. The maximum atomic E-state index is 10.9. The highest BCUT2D eigenvalue weighted by molar-refractivity contribution is 7.84. The monoisotopic (exact) mass is 386 g/mol. The highest BCUT2D eigenvalue weighted by atomic mass is 32.1. The van der Waals surface area contributed by atoms with Gasteiger partial charge >= 0.3 is 5.97 Å². The van der Waals surface area contributed by atoms with Gasteiger partial charge < -0.3 is 5.11 Å². The Kier molecular flexibility index (Phi) is 6.36. The van der Waals surface area contributed by atoms with E-state index in [9.17, 15) is 4.79 Å². The summed E-state index contributed by atoms with van der Waals surface area (Å²) in [5, 5.41) is 8.97. The molecule has 1 aromatic carbocycles. The molecule has 0 fully saturated rings. The van der Waals surface area contributed by atoms with Gasteiger partial charge in [-0.1, -0.05) is 58.9 Å². The minimum absolute atomic E-state index is 0.202. The highest BCUT2D eigenvalue weighted by Crippen LogP contribution is 2.47. The number of carboxylic acids is 1. The molecule has 0 aromatic heterocycles. The fourth-order valence-electron chi connectivity index (χ4n) is 4.05. The van der Waals surface area contributed by atoms with Crippen molar-refractivity contribution in [2.24, 2.45) is 0 Å². The van der Waals surface area contributed by atoms with Crippen molar-refractivity contribution in [1.29, 1.82) is 0 Å². The van der Waals surface area contributed by atoms with Crippen molar-refractivity contribution in [1.82, 2.24) is 0 Å². The molecule has 27 heavy (non-hydrogen) atoms. The van der Waals surface area contributed by atoms with E-state index >= 15 is 0 Å². The molecule has 0 bridgehead atoms. The third-order valence-corrected chi connectivity index (χ3v) is 6.48. The molecule has 0 saturated carbocycles. The van der Waals surface area contributed by atoms with Crippen LogP contribution in [-0.2, 0) is 15.6 Å². The number of fused-ring (bicyclic) bond motifs is 1.